The maximum Gasteiger partial charge on any atom is 0.302 e. The summed E-state index contributed by atoms with van der Waals surface area (Å²) >= 11 is 0. The van der Waals surface area contributed by atoms with Crippen LogP contribution in [0.2, 0.25) is 0 Å². The van der Waals surface area contributed by atoms with Crippen molar-refractivity contribution in [1.29, 1.82) is 0 Å². The van der Waals surface area contributed by atoms with E-state index in [0.29, 0.717) is 17.8 Å². The van der Waals surface area contributed by atoms with Crippen molar-refractivity contribution in [3.05, 3.63) is 0 Å². The Hall–Kier alpha value is -1.48. The van der Waals surface area contributed by atoms with Gasteiger partial charge in [-0.1, -0.05) is 34.6 Å². The van der Waals surface area contributed by atoms with Crippen LogP contribution < -0.4 is 0 Å². The number of aliphatic imine (C=N–C) groups is 1. The second kappa shape index (κ2) is 8.26. The monoisotopic (exact) mass is 497 g/mol. The molecule has 0 heterocycles. The first-order chi connectivity index (χ1) is 16.8. The van der Waals surface area contributed by atoms with Gasteiger partial charge in [-0.05, 0) is 111 Å². The summed E-state index contributed by atoms with van der Waals surface area (Å²) in [7, 11) is 0. The van der Waals surface area contributed by atoms with Gasteiger partial charge in [0.2, 0.25) is 6.08 Å². The van der Waals surface area contributed by atoms with E-state index in [1.807, 2.05) is 6.08 Å². The number of ketones is 1. The molecule has 36 heavy (non-hydrogen) atoms. The molecule has 200 valence electrons. The zero-order valence-electron chi connectivity index (χ0n) is 23.6. The van der Waals surface area contributed by atoms with Gasteiger partial charge in [-0.2, -0.15) is 4.99 Å². The number of carbonyl (C=O) groups excluding carboxylic acids is 3. The number of isocyanates is 1. The lowest BCUT2D eigenvalue weighted by Crippen LogP contribution is -2.67. The summed E-state index contributed by atoms with van der Waals surface area (Å²) in [4.78, 5) is 40.8. The highest BCUT2D eigenvalue weighted by Gasteiger charge is 2.71. The van der Waals surface area contributed by atoms with Crippen molar-refractivity contribution in [2.45, 2.75) is 124 Å². The third-order valence-electron chi connectivity index (χ3n) is 13.4. The second-order valence-corrected chi connectivity index (χ2v) is 14.7. The molecule has 0 aliphatic heterocycles. The van der Waals surface area contributed by atoms with E-state index in [4.69, 9.17) is 4.74 Å². The van der Waals surface area contributed by atoms with Crippen LogP contribution in [0.5, 0.6) is 0 Å². The highest BCUT2D eigenvalue weighted by Crippen LogP contribution is 2.76. The number of hydrogen-bond acceptors (Lipinski definition) is 5. The molecule has 0 aromatic carbocycles. The number of esters is 1. The van der Waals surface area contributed by atoms with Gasteiger partial charge in [-0.3, -0.25) is 9.59 Å². The predicted molar refractivity (Wildman–Crippen MR) is 139 cm³/mol. The van der Waals surface area contributed by atoms with Gasteiger partial charge in [0.25, 0.3) is 0 Å². The molecule has 5 saturated carbocycles. The van der Waals surface area contributed by atoms with Crippen molar-refractivity contribution in [3.63, 3.8) is 0 Å². The van der Waals surface area contributed by atoms with Crippen molar-refractivity contribution in [1.82, 2.24) is 0 Å². The molecule has 5 rings (SSSR count). The van der Waals surface area contributed by atoms with Crippen molar-refractivity contribution in [2.24, 2.45) is 56.2 Å². The first-order valence-corrected chi connectivity index (χ1v) is 14.5. The lowest BCUT2D eigenvalue weighted by Gasteiger charge is -2.72. The van der Waals surface area contributed by atoms with Gasteiger partial charge < -0.3 is 4.74 Å². The van der Waals surface area contributed by atoms with Crippen molar-refractivity contribution in [2.75, 3.05) is 0 Å². The Balaban J connectivity index is 1.52. The van der Waals surface area contributed by atoms with Gasteiger partial charge in [0.1, 0.15) is 11.9 Å². The van der Waals surface area contributed by atoms with E-state index in [1.165, 1.54) is 12.8 Å². The SMILES string of the molecule is CC(=O)O[C@H]1CC[C@]2(C)[C@H]3CC[C@@H]4[C@H]5[C@H](C(C)=O)CCC5(N=C=O)CC[C@@]4(C)[C@]3(C)CC[C@H]2C1(C)C. The summed E-state index contributed by atoms with van der Waals surface area (Å²) in [5, 5.41) is 0. The van der Waals surface area contributed by atoms with E-state index in [-0.39, 0.29) is 56.9 Å². The summed E-state index contributed by atoms with van der Waals surface area (Å²) in [6, 6.07) is 0. The summed E-state index contributed by atoms with van der Waals surface area (Å²) in [6.45, 7) is 15.6. The lowest BCUT2D eigenvalue weighted by molar-refractivity contribution is -0.245. The number of ether oxygens (including phenoxy) is 1. The molecule has 5 aliphatic rings. The number of hydrogen-bond donors (Lipinski definition) is 0. The molecule has 0 radical (unpaired) electrons. The fourth-order valence-corrected chi connectivity index (χ4v) is 11.7. The van der Waals surface area contributed by atoms with E-state index in [1.54, 1.807) is 13.8 Å². The largest absolute Gasteiger partial charge is 0.462 e. The van der Waals surface area contributed by atoms with Gasteiger partial charge in [-0.15, -0.1) is 0 Å². The molecule has 1 unspecified atom stereocenters. The first kappa shape index (κ1) is 26.1. The van der Waals surface area contributed by atoms with E-state index < -0.39 is 0 Å². The van der Waals surface area contributed by atoms with Crippen LogP contribution >= 0.6 is 0 Å². The van der Waals surface area contributed by atoms with E-state index in [0.717, 1.165) is 51.4 Å². The zero-order chi connectivity index (χ0) is 26.3. The number of rotatable bonds is 3. The standard InChI is InChI=1S/C31H47NO4/c1-19(34)21-10-15-31(32-18-33)17-16-29(6)22(26(21)31)8-9-24-28(5)13-12-25(36-20(2)35)27(3,4)23(28)11-14-30(24,29)7/h21-26H,8-17H2,1-7H3/t21-,22+,23-,24+,25-,26+,28-,29+,30+,31?/m0/s1. The molecule has 10 atom stereocenters. The molecule has 0 aromatic heterocycles. The van der Waals surface area contributed by atoms with E-state index >= 15 is 0 Å². The van der Waals surface area contributed by atoms with Gasteiger partial charge in [0, 0.05) is 18.3 Å². The van der Waals surface area contributed by atoms with Gasteiger partial charge in [0.05, 0.1) is 5.54 Å². The molecular weight excluding hydrogens is 450 g/mol. The maximum absolute atomic E-state index is 12.8. The predicted octanol–water partition coefficient (Wildman–Crippen LogP) is 6.68. The molecular formula is C31H47NO4. The van der Waals surface area contributed by atoms with Gasteiger partial charge in [-0.25, -0.2) is 4.79 Å². The zero-order valence-corrected chi connectivity index (χ0v) is 23.6. The van der Waals surface area contributed by atoms with Crippen molar-refractivity contribution < 1.29 is 19.1 Å². The average molecular weight is 498 g/mol. The third kappa shape index (κ3) is 3.26. The molecule has 5 heteroatoms. The first-order valence-electron chi connectivity index (χ1n) is 14.5. The number of fused-ring (bicyclic) bond motifs is 7. The summed E-state index contributed by atoms with van der Waals surface area (Å²) in [5.41, 5.74) is 0.115. The topological polar surface area (TPSA) is 72.8 Å². The molecule has 0 spiro atoms. The van der Waals surface area contributed by atoms with Crippen LogP contribution in [-0.4, -0.2) is 29.5 Å². The number of Topliss-reactive ketones (excluding diaryl/α,β-unsaturated/α-hetero) is 1. The number of carbonyl (C=O) groups is 2. The van der Waals surface area contributed by atoms with Crippen molar-refractivity contribution in [3.8, 4) is 0 Å². The fraction of sp³-hybridized carbons (Fsp3) is 0.903. The van der Waals surface area contributed by atoms with Crippen LogP contribution in [0.3, 0.4) is 0 Å². The Morgan fingerprint density at radius 2 is 1.53 bits per heavy atom. The quantitative estimate of drug-likeness (QED) is 0.248. The van der Waals surface area contributed by atoms with Crippen LogP contribution in [0.1, 0.15) is 113 Å². The minimum absolute atomic E-state index is 0.00401. The van der Waals surface area contributed by atoms with E-state index in [2.05, 4.69) is 39.6 Å². The average Bonchev–Trinajstić information content (AvgIpc) is 3.16. The molecule has 5 aliphatic carbocycles. The molecule has 0 bridgehead atoms. The highest BCUT2D eigenvalue weighted by molar-refractivity contribution is 5.79. The molecule has 0 aromatic rings. The fourth-order valence-electron chi connectivity index (χ4n) is 11.7. The Labute approximate surface area is 217 Å². The Bertz CT molecular complexity index is 999. The minimum Gasteiger partial charge on any atom is -0.462 e. The molecule has 0 saturated heterocycles. The van der Waals surface area contributed by atoms with E-state index in [9.17, 15) is 14.4 Å². The summed E-state index contributed by atoms with van der Waals surface area (Å²) < 4.78 is 5.87. The van der Waals surface area contributed by atoms with Crippen LogP contribution in [0.25, 0.3) is 0 Å². The van der Waals surface area contributed by atoms with Crippen LogP contribution in [0.4, 0.5) is 0 Å². The molecule has 0 N–H and O–H groups in total. The molecule has 0 amide bonds. The highest BCUT2D eigenvalue weighted by atomic mass is 16.5. The van der Waals surface area contributed by atoms with Crippen LogP contribution in [0.15, 0.2) is 4.99 Å². The third-order valence-corrected chi connectivity index (χ3v) is 13.4. The Morgan fingerprint density at radius 3 is 2.17 bits per heavy atom. The molecule has 5 fully saturated rings. The molecule has 5 nitrogen and oxygen atoms in total. The van der Waals surface area contributed by atoms with Crippen LogP contribution in [-0.2, 0) is 19.1 Å². The summed E-state index contributed by atoms with van der Waals surface area (Å²) in [5.74, 6) is 1.88. The Morgan fingerprint density at radius 1 is 0.806 bits per heavy atom. The number of nitrogens with zero attached hydrogens (tertiary/aromatic N) is 1. The lowest BCUT2D eigenvalue weighted by atomic mass is 9.32. The summed E-state index contributed by atoms with van der Waals surface area (Å²) in [6.07, 6.45) is 12.3. The van der Waals surface area contributed by atoms with Gasteiger partial charge in [0.15, 0.2) is 0 Å². The van der Waals surface area contributed by atoms with Crippen molar-refractivity contribution >= 4 is 17.8 Å². The Kier molecular flexibility index (Phi) is 6.00. The second-order valence-electron chi connectivity index (χ2n) is 14.7. The van der Waals surface area contributed by atoms with Crippen LogP contribution in [0, 0.1) is 51.2 Å². The minimum atomic E-state index is -0.378. The van der Waals surface area contributed by atoms with Gasteiger partial charge >= 0.3 is 5.97 Å². The maximum atomic E-state index is 12.8. The normalized spacial score (nSPS) is 51.0. The smallest absolute Gasteiger partial charge is 0.302 e.